The number of ether oxygens (including phenoxy) is 1. The van der Waals surface area contributed by atoms with Gasteiger partial charge < -0.3 is 15.4 Å². The van der Waals surface area contributed by atoms with Crippen LogP contribution in [0, 0.1) is 11.6 Å². The molecule has 0 saturated carbocycles. The van der Waals surface area contributed by atoms with Gasteiger partial charge in [-0.25, -0.2) is 8.78 Å². The molecule has 1 atom stereocenters. The fraction of sp³-hybridized carbons (Fsp3) is 0.500. The molecule has 96 valence electrons. The molecule has 0 aliphatic rings. The van der Waals surface area contributed by atoms with Gasteiger partial charge in [-0.2, -0.15) is 0 Å². The Kier molecular flexibility index (Phi) is 5.47. The van der Waals surface area contributed by atoms with Crippen LogP contribution in [0.15, 0.2) is 18.2 Å². The fourth-order valence-electron chi connectivity index (χ4n) is 1.52. The summed E-state index contributed by atoms with van der Waals surface area (Å²) in [5.41, 5.74) is 6.51. The molecule has 0 aromatic heterocycles. The Morgan fingerprint density at radius 1 is 1.35 bits per heavy atom. The number of halogens is 2. The minimum atomic E-state index is -0.863. The molecular formula is C12H18F2N2O. The van der Waals surface area contributed by atoms with Crippen molar-refractivity contribution < 1.29 is 13.5 Å². The number of nitrogens with zero attached hydrogens (tertiary/aromatic N) is 1. The lowest BCUT2D eigenvalue weighted by Gasteiger charge is -2.21. The molecule has 0 spiro atoms. The van der Waals surface area contributed by atoms with Gasteiger partial charge in [0.1, 0.15) is 0 Å². The summed E-state index contributed by atoms with van der Waals surface area (Å²) >= 11 is 0. The van der Waals surface area contributed by atoms with Gasteiger partial charge in [-0.15, -0.1) is 0 Å². The minimum Gasteiger partial charge on any atom is -0.383 e. The molecule has 0 heterocycles. The number of hydrogen-bond donors (Lipinski definition) is 1. The molecule has 0 amide bonds. The van der Waals surface area contributed by atoms with Gasteiger partial charge in [-0.05, 0) is 24.7 Å². The maximum atomic E-state index is 13.0. The van der Waals surface area contributed by atoms with E-state index in [-0.39, 0.29) is 6.04 Å². The lowest BCUT2D eigenvalue weighted by molar-refractivity contribution is 0.158. The normalized spacial score (nSPS) is 13.1. The number of likely N-dealkylation sites (N-methyl/N-ethyl adjacent to an activating group) is 1. The lowest BCUT2D eigenvalue weighted by atomic mass is 10.1. The van der Waals surface area contributed by atoms with Crippen LogP contribution >= 0.6 is 0 Å². The molecule has 0 fully saturated rings. The standard InChI is InChI=1S/C12H18F2N2O/c1-16(5-6-17-2)8-12(15)9-3-4-10(13)11(14)7-9/h3-4,7,12H,5-6,8,15H2,1-2H3. The van der Waals surface area contributed by atoms with Crippen molar-refractivity contribution in [1.29, 1.82) is 0 Å². The van der Waals surface area contributed by atoms with Crippen LogP contribution < -0.4 is 5.73 Å². The van der Waals surface area contributed by atoms with E-state index in [4.69, 9.17) is 10.5 Å². The Bertz CT molecular complexity index is 360. The van der Waals surface area contributed by atoms with Crippen LogP contribution in [0.4, 0.5) is 8.78 Å². The third-order valence-corrected chi connectivity index (χ3v) is 2.56. The monoisotopic (exact) mass is 244 g/mol. The van der Waals surface area contributed by atoms with Crippen molar-refractivity contribution in [3.05, 3.63) is 35.4 Å². The van der Waals surface area contributed by atoms with E-state index in [0.29, 0.717) is 18.7 Å². The van der Waals surface area contributed by atoms with E-state index in [1.165, 1.54) is 6.07 Å². The van der Waals surface area contributed by atoms with Crippen LogP contribution in [0.2, 0.25) is 0 Å². The molecule has 1 unspecified atom stereocenters. The summed E-state index contributed by atoms with van der Waals surface area (Å²) in [6.07, 6.45) is 0. The van der Waals surface area contributed by atoms with E-state index in [1.807, 2.05) is 11.9 Å². The second-order valence-electron chi connectivity index (χ2n) is 4.04. The van der Waals surface area contributed by atoms with Crippen molar-refractivity contribution in [3.63, 3.8) is 0 Å². The number of hydrogen-bond acceptors (Lipinski definition) is 3. The van der Waals surface area contributed by atoms with Crippen LogP contribution in [-0.2, 0) is 4.74 Å². The fourth-order valence-corrected chi connectivity index (χ4v) is 1.52. The topological polar surface area (TPSA) is 38.5 Å². The zero-order valence-corrected chi connectivity index (χ0v) is 10.1. The Hall–Kier alpha value is -1.04. The molecule has 0 aliphatic heterocycles. The van der Waals surface area contributed by atoms with Gasteiger partial charge in [0.25, 0.3) is 0 Å². The molecular weight excluding hydrogens is 226 g/mol. The van der Waals surface area contributed by atoms with Crippen LogP contribution in [0.1, 0.15) is 11.6 Å². The quantitative estimate of drug-likeness (QED) is 0.825. The average Bonchev–Trinajstić information content (AvgIpc) is 2.30. The average molecular weight is 244 g/mol. The largest absolute Gasteiger partial charge is 0.383 e. The zero-order valence-electron chi connectivity index (χ0n) is 10.1. The molecule has 0 radical (unpaired) electrons. The maximum Gasteiger partial charge on any atom is 0.159 e. The number of benzene rings is 1. The minimum absolute atomic E-state index is 0.341. The van der Waals surface area contributed by atoms with Crippen LogP contribution in [-0.4, -0.2) is 38.8 Å². The second kappa shape index (κ2) is 6.64. The Morgan fingerprint density at radius 3 is 2.65 bits per heavy atom. The first-order valence-corrected chi connectivity index (χ1v) is 5.42. The molecule has 1 aromatic rings. The summed E-state index contributed by atoms with van der Waals surface area (Å²) in [6, 6.07) is 3.41. The van der Waals surface area contributed by atoms with Crippen molar-refractivity contribution in [2.75, 3.05) is 33.9 Å². The van der Waals surface area contributed by atoms with Gasteiger partial charge in [0, 0.05) is 26.2 Å². The summed E-state index contributed by atoms with van der Waals surface area (Å²) in [4.78, 5) is 1.98. The molecule has 0 aliphatic carbocycles. The summed E-state index contributed by atoms with van der Waals surface area (Å²) in [5, 5.41) is 0. The molecule has 5 heteroatoms. The van der Waals surface area contributed by atoms with Crippen LogP contribution in [0.25, 0.3) is 0 Å². The highest BCUT2D eigenvalue weighted by atomic mass is 19.2. The third-order valence-electron chi connectivity index (χ3n) is 2.56. The predicted octanol–water partition coefficient (Wildman–Crippen LogP) is 1.54. The first-order chi connectivity index (χ1) is 8.04. The first kappa shape index (κ1) is 14.0. The summed E-state index contributed by atoms with van der Waals surface area (Å²) in [5.74, 6) is -1.72. The molecule has 17 heavy (non-hydrogen) atoms. The molecule has 1 aromatic carbocycles. The van der Waals surface area contributed by atoms with Crippen molar-refractivity contribution in [2.24, 2.45) is 5.73 Å². The smallest absolute Gasteiger partial charge is 0.159 e. The molecule has 1 rings (SSSR count). The van der Waals surface area contributed by atoms with Gasteiger partial charge >= 0.3 is 0 Å². The highest BCUT2D eigenvalue weighted by molar-refractivity contribution is 5.21. The molecule has 2 N–H and O–H groups in total. The number of nitrogens with two attached hydrogens (primary N) is 1. The summed E-state index contributed by atoms with van der Waals surface area (Å²) in [7, 11) is 3.53. The van der Waals surface area contributed by atoms with Gasteiger partial charge in [0.05, 0.1) is 6.61 Å². The highest BCUT2D eigenvalue weighted by Crippen LogP contribution is 2.15. The Morgan fingerprint density at radius 2 is 2.06 bits per heavy atom. The predicted molar refractivity (Wildman–Crippen MR) is 62.7 cm³/mol. The van der Waals surface area contributed by atoms with Gasteiger partial charge in [-0.3, -0.25) is 0 Å². The SMILES string of the molecule is COCCN(C)CC(N)c1ccc(F)c(F)c1. The van der Waals surface area contributed by atoms with E-state index in [2.05, 4.69) is 0 Å². The molecule has 3 nitrogen and oxygen atoms in total. The van der Waals surface area contributed by atoms with Crippen LogP contribution in [0.5, 0.6) is 0 Å². The van der Waals surface area contributed by atoms with Crippen molar-refractivity contribution in [1.82, 2.24) is 4.90 Å². The van der Waals surface area contributed by atoms with E-state index in [1.54, 1.807) is 7.11 Å². The van der Waals surface area contributed by atoms with Crippen molar-refractivity contribution in [2.45, 2.75) is 6.04 Å². The van der Waals surface area contributed by atoms with Crippen molar-refractivity contribution >= 4 is 0 Å². The molecule has 0 bridgehead atoms. The second-order valence-corrected chi connectivity index (χ2v) is 4.04. The summed E-state index contributed by atoms with van der Waals surface area (Å²) in [6.45, 7) is 1.92. The van der Waals surface area contributed by atoms with E-state index < -0.39 is 11.6 Å². The van der Waals surface area contributed by atoms with Gasteiger partial charge in [0.15, 0.2) is 11.6 Å². The van der Waals surface area contributed by atoms with Gasteiger partial charge in [0.2, 0.25) is 0 Å². The first-order valence-electron chi connectivity index (χ1n) is 5.42. The van der Waals surface area contributed by atoms with E-state index in [0.717, 1.165) is 18.7 Å². The van der Waals surface area contributed by atoms with Gasteiger partial charge in [-0.1, -0.05) is 6.07 Å². The van der Waals surface area contributed by atoms with E-state index in [9.17, 15) is 8.78 Å². The zero-order chi connectivity index (χ0) is 12.8. The van der Waals surface area contributed by atoms with Crippen LogP contribution in [0.3, 0.4) is 0 Å². The number of rotatable bonds is 6. The Labute approximate surface area is 100 Å². The highest BCUT2D eigenvalue weighted by Gasteiger charge is 2.11. The molecule has 0 saturated heterocycles. The Balaban J connectivity index is 2.57. The lowest BCUT2D eigenvalue weighted by Crippen LogP contribution is -2.31. The van der Waals surface area contributed by atoms with E-state index >= 15 is 0 Å². The third kappa shape index (κ3) is 4.38. The maximum absolute atomic E-state index is 13.0. The van der Waals surface area contributed by atoms with Crippen molar-refractivity contribution in [3.8, 4) is 0 Å². The summed E-state index contributed by atoms with van der Waals surface area (Å²) < 4.78 is 30.7. The number of methoxy groups -OCH3 is 1.